The summed E-state index contributed by atoms with van der Waals surface area (Å²) >= 11 is 0. The van der Waals surface area contributed by atoms with Gasteiger partial charge < -0.3 is 15.4 Å². The third kappa shape index (κ3) is 1.95. The SMILES string of the molecule is Nc1cncnc1N1CCOc2ccccc2C1. The molecule has 0 amide bonds. The molecule has 5 heteroatoms. The van der Waals surface area contributed by atoms with Gasteiger partial charge in [0.15, 0.2) is 5.82 Å². The number of hydrogen-bond donors (Lipinski definition) is 1. The van der Waals surface area contributed by atoms with Crippen LogP contribution in [0.4, 0.5) is 11.5 Å². The van der Waals surface area contributed by atoms with Crippen LogP contribution in [0, 0.1) is 0 Å². The van der Waals surface area contributed by atoms with E-state index in [-0.39, 0.29) is 0 Å². The van der Waals surface area contributed by atoms with E-state index in [0.717, 1.165) is 30.2 Å². The van der Waals surface area contributed by atoms with Crippen LogP contribution in [-0.4, -0.2) is 23.1 Å². The number of aromatic nitrogens is 2. The summed E-state index contributed by atoms with van der Waals surface area (Å²) < 4.78 is 5.71. The monoisotopic (exact) mass is 242 g/mol. The Morgan fingerprint density at radius 1 is 1.28 bits per heavy atom. The number of anilines is 2. The van der Waals surface area contributed by atoms with Crippen molar-refractivity contribution in [3.05, 3.63) is 42.4 Å². The zero-order chi connectivity index (χ0) is 12.4. The molecule has 0 unspecified atom stereocenters. The minimum atomic E-state index is 0.594. The molecule has 1 aromatic carbocycles. The van der Waals surface area contributed by atoms with Gasteiger partial charge in [0.25, 0.3) is 0 Å². The van der Waals surface area contributed by atoms with Crippen molar-refractivity contribution in [2.24, 2.45) is 0 Å². The molecule has 0 saturated carbocycles. The molecule has 5 nitrogen and oxygen atoms in total. The first-order valence-corrected chi connectivity index (χ1v) is 5.86. The molecular weight excluding hydrogens is 228 g/mol. The molecule has 0 radical (unpaired) electrons. The fourth-order valence-electron chi connectivity index (χ4n) is 2.10. The van der Waals surface area contributed by atoms with Gasteiger partial charge in [-0.2, -0.15) is 0 Å². The van der Waals surface area contributed by atoms with Crippen molar-refractivity contribution in [1.29, 1.82) is 0 Å². The molecule has 1 aromatic heterocycles. The lowest BCUT2D eigenvalue weighted by atomic mass is 10.2. The third-order valence-corrected chi connectivity index (χ3v) is 2.97. The average Bonchev–Trinajstić information content (AvgIpc) is 2.61. The number of benzene rings is 1. The van der Waals surface area contributed by atoms with Gasteiger partial charge in [0.1, 0.15) is 18.7 Å². The van der Waals surface area contributed by atoms with E-state index in [1.54, 1.807) is 6.20 Å². The highest BCUT2D eigenvalue weighted by atomic mass is 16.5. The second-order valence-corrected chi connectivity index (χ2v) is 4.18. The summed E-state index contributed by atoms with van der Waals surface area (Å²) in [5, 5.41) is 0. The van der Waals surface area contributed by atoms with Gasteiger partial charge in [0.05, 0.1) is 18.4 Å². The fraction of sp³-hybridized carbons (Fsp3) is 0.231. The van der Waals surface area contributed by atoms with Gasteiger partial charge in [-0.15, -0.1) is 0 Å². The van der Waals surface area contributed by atoms with Crippen molar-refractivity contribution in [1.82, 2.24) is 9.97 Å². The van der Waals surface area contributed by atoms with E-state index in [1.807, 2.05) is 18.2 Å². The second-order valence-electron chi connectivity index (χ2n) is 4.18. The molecule has 92 valence electrons. The van der Waals surface area contributed by atoms with Crippen LogP contribution in [0.1, 0.15) is 5.56 Å². The Bertz CT molecular complexity index is 558. The quantitative estimate of drug-likeness (QED) is 0.820. The van der Waals surface area contributed by atoms with Crippen molar-refractivity contribution in [3.8, 4) is 5.75 Å². The van der Waals surface area contributed by atoms with Gasteiger partial charge in [0.2, 0.25) is 0 Å². The molecule has 1 aliphatic rings. The van der Waals surface area contributed by atoms with Gasteiger partial charge in [-0.25, -0.2) is 9.97 Å². The van der Waals surface area contributed by atoms with E-state index in [1.165, 1.54) is 6.33 Å². The van der Waals surface area contributed by atoms with Gasteiger partial charge in [-0.05, 0) is 6.07 Å². The molecule has 2 aromatic rings. The van der Waals surface area contributed by atoms with E-state index in [2.05, 4.69) is 20.9 Å². The van der Waals surface area contributed by atoms with Crippen molar-refractivity contribution >= 4 is 11.5 Å². The van der Waals surface area contributed by atoms with Crippen LogP contribution in [0.3, 0.4) is 0 Å². The van der Waals surface area contributed by atoms with Crippen molar-refractivity contribution in [2.45, 2.75) is 6.54 Å². The minimum Gasteiger partial charge on any atom is -0.491 e. The Morgan fingerprint density at radius 2 is 2.17 bits per heavy atom. The summed E-state index contributed by atoms with van der Waals surface area (Å²) in [5.74, 6) is 1.71. The number of para-hydroxylation sites is 1. The Morgan fingerprint density at radius 3 is 3.06 bits per heavy atom. The van der Waals surface area contributed by atoms with Gasteiger partial charge >= 0.3 is 0 Å². The van der Waals surface area contributed by atoms with Crippen LogP contribution < -0.4 is 15.4 Å². The second kappa shape index (κ2) is 4.52. The Balaban J connectivity index is 1.94. The summed E-state index contributed by atoms with van der Waals surface area (Å²) in [6.45, 7) is 2.13. The normalized spacial score (nSPS) is 14.6. The van der Waals surface area contributed by atoms with Gasteiger partial charge in [-0.3, -0.25) is 0 Å². The van der Waals surface area contributed by atoms with Gasteiger partial charge in [-0.1, -0.05) is 18.2 Å². The molecule has 2 heterocycles. The third-order valence-electron chi connectivity index (χ3n) is 2.97. The molecule has 0 spiro atoms. The van der Waals surface area contributed by atoms with E-state index < -0.39 is 0 Å². The van der Waals surface area contributed by atoms with Crippen molar-refractivity contribution in [3.63, 3.8) is 0 Å². The van der Waals surface area contributed by atoms with Gasteiger partial charge in [0, 0.05) is 12.1 Å². The molecule has 2 N–H and O–H groups in total. The maximum Gasteiger partial charge on any atom is 0.155 e. The van der Waals surface area contributed by atoms with Crippen LogP contribution in [0.25, 0.3) is 0 Å². The van der Waals surface area contributed by atoms with E-state index in [9.17, 15) is 0 Å². The maximum atomic E-state index is 5.91. The molecule has 18 heavy (non-hydrogen) atoms. The lowest BCUT2D eigenvalue weighted by Crippen LogP contribution is -2.27. The number of ether oxygens (including phenoxy) is 1. The molecule has 0 fully saturated rings. The molecular formula is C13H14N4O. The Hall–Kier alpha value is -2.30. The first-order chi connectivity index (χ1) is 8.84. The number of nitrogens with zero attached hydrogens (tertiary/aromatic N) is 3. The van der Waals surface area contributed by atoms with Crippen LogP contribution in [0.5, 0.6) is 5.75 Å². The van der Waals surface area contributed by atoms with Crippen molar-refractivity contribution < 1.29 is 4.74 Å². The largest absolute Gasteiger partial charge is 0.491 e. The van der Waals surface area contributed by atoms with E-state index in [0.29, 0.717) is 12.3 Å². The zero-order valence-corrected chi connectivity index (χ0v) is 9.91. The average molecular weight is 242 g/mol. The highest BCUT2D eigenvalue weighted by molar-refractivity contribution is 5.61. The molecule has 0 saturated heterocycles. The van der Waals surface area contributed by atoms with E-state index >= 15 is 0 Å². The Labute approximate surface area is 105 Å². The predicted octanol–water partition coefficient (Wildman–Crippen LogP) is 1.46. The lowest BCUT2D eigenvalue weighted by molar-refractivity contribution is 0.331. The molecule has 3 rings (SSSR count). The van der Waals surface area contributed by atoms with E-state index in [4.69, 9.17) is 10.5 Å². The molecule has 0 aliphatic carbocycles. The highest BCUT2D eigenvalue weighted by Gasteiger charge is 2.17. The summed E-state index contributed by atoms with van der Waals surface area (Å²) in [5.41, 5.74) is 7.66. The fourth-order valence-corrected chi connectivity index (χ4v) is 2.10. The molecule has 0 atom stereocenters. The summed E-state index contributed by atoms with van der Waals surface area (Å²) in [7, 11) is 0. The van der Waals surface area contributed by atoms with Crippen LogP contribution in [0.2, 0.25) is 0 Å². The summed E-state index contributed by atoms with van der Waals surface area (Å²) in [6.07, 6.45) is 3.14. The number of fused-ring (bicyclic) bond motifs is 1. The van der Waals surface area contributed by atoms with Crippen LogP contribution in [0.15, 0.2) is 36.8 Å². The van der Waals surface area contributed by atoms with Crippen LogP contribution in [-0.2, 0) is 6.54 Å². The zero-order valence-electron chi connectivity index (χ0n) is 9.91. The highest BCUT2D eigenvalue weighted by Crippen LogP contribution is 2.27. The molecule has 0 bridgehead atoms. The number of rotatable bonds is 1. The predicted molar refractivity (Wildman–Crippen MR) is 69.4 cm³/mol. The maximum absolute atomic E-state index is 5.91. The number of nitrogen functional groups attached to an aromatic ring is 1. The molecule has 1 aliphatic heterocycles. The van der Waals surface area contributed by atoms with Crippen LogP contribution >= 0.6 is 0 Å². The van der Waals surface area contributed by atoms with Crippen molar-refractivity contribution in [2.75, 3.05) is 23.8 Å². The Kier molecular flexibility index (Phi) is 2.72. The first kappa shape index (κ1) is 10.8. The number of nitrogens with two attached hydrogens (primary N) is 1. The smallest absolute Gasteiger partial charge is 0.155 e. The minimum absolute atomic E-state index is 0.594. The summed E-state index contributed by atoms with van der Waals surface area (Å²) in [4.78, 5) is 10.3. The lowest BCUT2D eigenvalue weighted by Gasteiger charge is -2.21. The topological polar surface area (TPSA) is 64.3 Å². The summed E-state index contributed by atoms with van der Waals surface area (Å²) in [6, 6.07) is 8.04. The standard InChI is InChI=1S/C13H14N4O/c14-11-7-15-9-16-13(11)17-5-6-18-12-4-2-1-3-10(12)8-17/h1-4,7,9H,5-6,8,14H2. The number of hydrogen-bond acceptors (Lipinski definition) is 5. The first-order valence-electron chi connectivity index (χ1n) is 5.86.